The molecule has 1 nitrogen and oxygen atoms in total. The number of nitrogens with one attached hydrogen (secondary N) is 1. The van der Waals surface area contributed by atoms with Crippen molar-refractivity contribution in [1.29, 1.82) is 0 Å². The first-order valence-corrected chi connectivity index (χ1v) is 10.2. The van der Waals surface area contributed by atoms with Gasteiger partial charge in [-0.05, 0) is 0 Å². The first kappa shape index (κ1) is 16.5. The van der Waals surface area contributed by atoms with Crippen LogP contribution >= 0.6 is 24.8 Å². The summed E-state index contributed by atoms with van der Waals surface area (Å²) < 4.78 is 2.93. The number of para-hydroxylation sites is 1. The molecule has 19 heavy (non-hydrogen) atoms. The van der Waals surface area contributed by atoms with Crippen LogP contribution in [-0.2, 0) is 16.1 Å². The van der Waals surface area contributed by atoms with E-state index in [-0.39, 0.29) is 24.8 Å². The Kier molecular flexibility index (Phi) is 5.40. The number of aromatic nitrogens is 1. The van der Waals surface area contributed by atoms with E-state index in [1.165, 1.54) is 14.9 Å². The Bertz CT molecular complexity index is 649. The molecule has 0 amide bonds. The molecule has 1 unspecified atom stereocenters. The van der Waals surface area contributed by atoms with Crippen LogP contribution in [0, 0.1) is 0 Å². The molecule has 0 saturated heterocycles. The molecule has 1 aromatic heterocycles. The predicted molar refractivity (Wildman–Crippen MR) is 87.3 cm³/mol. The molecule has 0 saturated carbocycles. The van der Waals surface area contributed by atoms with Crippen LogP contribution in [0.1, 0.15) is 6.42 Å². The summed E-state index contributed by atoms with van der Waals surface area (Å²) in [5, 5.41) is 3.67. The predicted octanol–water partition coefficient (Wildman–Crippen LogP) is 4.11. The molecule has 0 radical (unpaired) electrons. The number of hydrogen-bond acceptors (Lipinski definition) is 0. The SMILES string of the molecule is Cl.Cl.[CH2]=[Ti]([CH3])([C]1=CC=CC1)[c]1cc2ccccc2[nH]1. The second kappa shape index (κ2) is 6.24. The van der Waals surface area contributed by atoms with Gasteiger partial charge in [0.05, 0.1) is 0 Å². The van der Waals surface area contributed by atoms with Crippen molar-refractivity contribution < 1.29 is 16.1 Å². The number of H-pyrrole nitrogens is 1. The molecule has 4 heteroatoms. The Balaban J connectivity index is 0.000000902. The Morgan fingerprint density at radius 2 is 1.95 bits per heavy atom. The minimum absolute atomic E-state index is 0. The Hall–Kier alpha value is -0.596. The van der Waals surface area contributed by atoms with E-state index in [1.807, 2.05) is 0 Å². The van der Waals surface area contributed by atoms with Crippen LogP contribution in [0.5, 0.6) is 0 Å². The van der Waals surface area contributed by atoms with Crippen molar-refractivity contribution in [3.8, 4) is 0 Å². The number of halogens is 2. The van der Waals surface area contributed by atoms with Gasteiger partial charge in [0.1, 0.15) is 0 Å². The first-order valence-electron chi connectivity index (χ1n) is 5.98. The van der Waals surface area contributed by atoms with Gasteiger partial charge in [0.15, 0.2) is 0 Å². The molecule has 1 aromatic carbocycles. The van der Waals surface area contributed by atoms with Gasteiger partial charge in [0, 0.05) is 0 Å². The quantitative estimate of drug-likeness (QED) is 0.797. The van der Waals surface area contributed by atoms with Gasteiger partial charge in [-0.3, -0.25) is 0 Å². The Labute approximate surface area is 129 Å². The molecule has 1 N–H and O–H groups in total. The van der Waals surface area contributed by atoms with Crippen molar-refractivity contribution in [3.05, 3.63) is 52.4 Å². The van der Waals surface area contributed by atoms with Gasteiger partial charge in [-0.15, -0.1) is 24.8 Å². The van der Waals surface area contributed by atoms with E-state index in [0.29, 0.717) is 0 Å². The number of benzene rings is 1. The van der Waals surface area contributed by atoms with Crippen LogP contribution in [0.2, 0.25) is 5.23 Å². The van der Waals surface area contributed by atoms with Gasteiger partial charge in [-0.2, -0.15) is 0 Å². The fourth-order valence-electron chi connectivity index (χ4n) is 2.40. The van der Waals surface area contributed by atoms with Crippen LogP contribution in [0.25, 0.3) is 10.9 Å². The van der Waals surface area contributed by atoms with Crippen LogP contribution < -0.4 is 4.00 Å². The zero-order valence-electron chi connectivity index (χ0n) is 10.8. The third kappa shape index (κ3) is 2.95. The summed E-state index contributed by atoms with van der Waals surface area (Å²) in [6.07, 6.45) is 7.74. The zero-order chi connectivity index (χ0) is 11.9. The van der Waals surface area contributed by atoms with Crippen LogP contribution in [0.3, 0.4) is 0 Å². The standard InChI is InChI=1S/C8H6N.C5H5.CH3.CH2.2ClH.Ti/c1-2-4-8-7(3-1)5-6-9-8;1-2-4-5-3-1;;;;;/h1-5,9H;1-3H,4H2;1H3;1H2;2*1H;. The van der Waals surface area contributed by atoms with Crippen molar-refractivity contribution in [2.75, 3.05) is 0 Å². The normalized spacial score (nSPS) is 16.4. The molecule has 0 bridgehead atoms. The van der Waals surface area contributed by atoms with Crippen molar-refractivity contribution in [2.24, 2.45) is 0 Å². The maximum absolute atomic E-state index is 4.57. The summed E-state index contributed by atoms with van der Waals surface area (Å²) in [5.74, 6) is 0. The van der Waals surface area contributed by atoms with Crippen molar-refractivity contribution >= 4 is 44.5 Å². The number of fused-ring (bicyclic) bond motifs is 1. The molecule has 1 heterocycles. The summed E-state index contributed by atoms with van der Waals surface area (Å²) >= 11 is -2.29. The summed E-state index contributed by atoms with van der Waals surface area (Å²) in [6, 6.07) is 10.8. The second-order valence-corrected chi connectivity index (χ2v) is 10.9. The van der Waals surface area contributed by atoms with E-state index < -0.39 is 16.1 Å². The molecule has 1 atom stereocenters. The van der Waals surface area contributed by atoms with E-state index in [0.717, 1.165) is 6.42 Å². The molecule has 1 aliphatic rings. The third-order valence-corrected chi connectivity index (χ3v) is 8.67. The molecule has 0 fully saturated rings. The fraction of sp³-hybridized carbons (Fsp3) is 0.133. The summed E-state index contributed by atoms with van der Waals surface area (Å²) in [4.78, 5) is 8.13. The van der Waals surface area contributed by atoms with Gasteiger partial charge < -0.3 is 0 Å². The molecule has 0 spiro atoms. The van der Waals surface area contributed by atoms with E-state index >= 15 is 0 Å². The molecule has 3 rings (SSSR count). The van der Waals surface area contributed by atoms with Gasteiger partial charge in [-0.1, -0.05) is 0 Å². The van der Waals surface area contributed by atoms with E-state index in [9.17, 15) is 0 Å². The van der Waals surface area contributed by atoms with Gasteiger partial charge in [-0.25, -0.2) is 0 Å². The molecule has 1 aliphatic carbocycles. The van der Waals surface area contributed by atoms with Crippen LogP contribution in [0.4, 0.5) is 0 Å². The topological polar surface area (TPSA) is 15.8 Å². The van der Waals surface area contributed by atoms with Crippen LogP contribution in [-0.4, -0.2) is 9.80 Å². The maximum atomic E-state index is 4.57. The molecular formula is C15H18Cl2NTi. The molecule has 0 aliphatic heterocycles. The van der Waals surface area contributed by atoms with Crippen molar-refractivity contribution in [1.82, 2.24) is 4.98 Å². The summed E-state index contributed by atoms with van der Waals surface area (Å²) in [7, 11) is 0. The van der Waals surface area contributed by atoms with Crippen molar-refractivity contribution in [2.45, 2.75) is 11.6 Å². The Morgan fingerprint density at radius 3 is 2.58 bits per heavy atom. The van der Waals surface area contributed by atoms with Crippen LogP contribution in [0.15, 0.2) is 52.4 Å². The Morgan fingerprint density at radius 1 is 1.21 bits per heavy atom. The van der Waals surface area contributed by atoms with Gasteiger partial charge >= 0.3 is 105 Å². The van der Waals surface area contributed by atoms with E-state index in [2.05, 4.69) is 63.6 Å². The second-order valence-electron chi connectivity index (χ2n) is 4.93. The van der Waals surface area contributed by atoms with Gasteiger partial charge in [0.2, 0.25) is 0 Å². The van der Waals surface area contributed by atoms with Gasteiger partial charge in [0.25, 0.3) is 0 Å². The number of hydrogen-bond donors (Lipinski definition) is 1. The summed E-state index contributed by atoms with van der Waals surface area (Å²) in [6.45, 7) is 0. The summed E-state index contributed by atoms with van der Waals surface area (Å²) in [5.41, 5.74) is 1.23. The molecular weight excluding hydrogens is 313 g/mol. The molecule has 101 valence electrons. The number of aromatic amines is 1. The zero-order valence-corrected chi connectivity index (χ0v) is 14.0. The monoisotopic (exact) mass is 330 g/mol. The fourth-order valence-corrected chi connectivity index (χ4v) is 5.93. The number of rotatable bonds is 2. The minimum atomic E-state index is -2.29. The number of allylic oxidation sites excluding steroid dienone is 4. The van der Waals surface area contributed by atoms with Crippen molar-refractivity contribution in [3.63, 3.8) is 0 Å². The van der Waals surface area contributed by atoms with E-state index in [4.69, 9.17) is 0 Å². The first-order chi connectivity index (χ1) is 8.18. The average Bonchev–Trinajstić information content (AvgIpc) is 2.98. The van der Waals surface area contributed by atoms with E-state index in [1.54, 1.807) is 3.88 Å². The third-order valence-electron chi connectivity index (χ3n) is 3.60. The molecule has 2 aromatic rings. The average molecular weight is 331 g/mol.